The number of hydrogen-bond donors (Lipinski definition) is 4. The fraction of sp³-hybridized carbons (Fsp3) is 0.486. The van der Waals surface area contributed by atoms with Gasteiger partial charge in [0.05, 0.1) is 19.1 Å². The average molecular weight is 705 g/mol. The van der Waals surface area contributed by atoms with E-state index in [2.05, 4.69) is 32.6 Å². The second kappa shape index (κ2) is 17.5. The van der Waals surface area contributed by atoms with E-state index in [1.807, 2.05) is 61.5 Å². The van der Waals surface area contributed by atoms with Gasteiger partial charge in [-0.05, 0) is 49.8 Å². The highest BCUT2D eigenvalue weighted by Gasteiger charge is 2.23. The first kappa shape index (κ1) is 36.9. The lowest BCUT2D eigenvalue weighted by Gasteiger charge is -2.29. The van der Waals surface area contributed by atoms with Crippen molar-refractivity contribution in [1.82, 2.24) is 19.7 Å². The zero-order chi connectivity index (χ0) is 35.5. The maximum atomic E-state index is 13.2. The first-order valence-electron chi connectivity index (χ1n) is 17.6. The lowest BCUT2D eigenvalue weighted by Crippen LogP contribution is -2.31. The number of nitrogens with zero attached hydrogens (tertiary/aromatic N) is 4. The molecule has 5 rings (SSSR count). The van der Waals surface area contributed by atoms with E-state index in [9.17, 15) is 8.42 Å². The van der Waals surface area contributed by atoms with Gasteiger partial charge in [-0.25, -0.2) is 13.1 Å². The molecule has 2 atom stereocenters. The van der Waals surface area contributed by atoms with E-state index >= 15 is 0 Å². The Morgan fingerprint density at radius 3 is 2.20 bits per heavy atom. The predicted octanol–water partition coefficient (Wildman–Crippen LogP) is 6.66. The second-order valence-electron chi connectivity index (χ2n) is 13.1. The van der Waals surface area contributed by atoms with Crippen LogP contribution in [0.4, 0.5) is 23.5 Å². The Kier molecular flexibility index (Phi) is 12.9. The Balaban J connectivity index is 1.13. The third-order valence-corrected chi connectivity index (χ3v) is 10.8. The van der Waals surface area contributed by atoms with Crippen LogP contribution in [-0.2, 0) is 16.6 Å². The number of para-hydroxylation sites is 1. The molecule has 4 N–H and O–H groups in total. The maximum absolute atomic E-state index is 13.2. The van der Waals surface area contributed by atoms with Crippen molar-refractivity contribution in [2.45, 2.75) is 75.8 Å². The number of hydrogen-bond acceptors (Lipinski definition) is 11. The number of ether oxygens (including phenoxy) is 2. The first-order valence-corrected chi connectivity index (χ1v) is 19.1. The monoisotopic (exact) mass is 704 g/mol. The minimum absolute atomic E-state index is 0.309. The summed E-state index contributed by atoms with van der Waals surface area (Å²) < 4.78 is 40.3. The number of benzene rings is 3. The maximum Gasteiger partial charge on any atom is 0.241 e. The van der Waals surface area contributed by atoms with Crippen LogP contribution in [0.3, 0.4) is 0 Å². The number of anilines is 4. The molecule has 270 valence electrons. The summed E-state index contributed by atoms with van der Waals surface area (Å²) in [5.41, 5.74) is 1.91. The third-order valence-electron chi connectivity index (χ3n) is 9.29. The molecule has 0 spiro atoms. The quantitative estimate of drug-likeness (QED) is 0.0826. The number of unbranched alkanes of at least 4 members (excludes halogenated alkanes) is 3. The standard InChI is InChI=1S/C37H52N8O4S/c1-26-15-8-9-19-30(26)41-37-43-35(42-36(44-37)39-25-27-16-12-21-32(48-4)34(27)49-5)38-23-10-6-7-11-24-40-50(46,47)33-22-14-17-28-29(33)18-13-20-31(28)45(2)3/h12-14,16-18,20-22,26,30,40H,6-11,15,19,23-25H2,1-5H3,(H3,38,39,41,42,43,44). The molecular formula is C37H52N8O4S. The van der Waals surface area contributed by atoms with E-state index in [-0.39, 0.29) is 0 Å². The molecule has 1 heterocycles. The Morgan fingerprint density at radius 2 is 1.46 bits per heavy atom. The van der Waals surface area contributed by atoms with Crippen LogP contribution < -0.4 is 35.0 Å². The van der Waals surface area contributed by atoms with Gasteiger partial charge in [-0.2, -0.15) is 15.0 Å². The second-order valence-corrected chi connectivity index (χ2v) is 14.8. The van der Waals surface area contributed by atoms with Crippen molar-refractivity contribution in [3.63, 3.8) is 0 Å². The lowest BCUT2D eigenvalue weighted by molar-refractivity contribution is 0.348. The van der Waals surface area contributed by atoms with Crippen LogP contribution in [-0.4, -0.2) is 70.8 Å². The van der Waals surface area contributed by atoms with E-state index in [1.165, 1.54) is 19.3 Å². The van der Waals surface area contributed by atoms with Gasteiger partial charge in [0.1, 0.15) is 0 Å². The number of aromatic nitrogens is 3. The minimum atomic E-state index is -3.64. The highest BCUT2D eigenvalue weighted by molar-refractivity contribution is 7.89. The summed E-state index contributed by atoms with van der Waals surface area (Å²) in [5.74, 6) is 3.41. The lowest BCUT2D eigenvalue weighted by atomic mass is 9.86. The molecular weight excluding hydrogens is 653 g/mol. The highest BCUT2D eigenvalue weighted by Crippen LogP contribution is 2.32. The number of nitrogens with one attached hydrogen (secondary N) is 4. The first-order chi connectivity index (χ1) is 24.2. The van der Waals surface area contributed by atoms with Crippen molar-refractivity contribution in [1.29, 1.82) is 0 Å². The fourth-order valence-electron chi connectivity index (χ4n) is 6.54. The van der Waals surface area contributed by atoms with Crippen LogP contribution >= 0.6 is 0 Å². The molecule has 1 aliphatic carbocycles. The van der Waals surface area contributed by atoms with Crippen molar-refractivity contribution < 1.29 is 17.9 Å². The van der Waals surface area contributed by atoms with Gasteiger partial charge in [-0.1, -0.05) is 69.0 Å². The molecule has 12 nitrogen and oxygen atoms in total. The van der Waals surface area contributed by atoms with E-state index in [0.29, 0.717) is 65.8 Å². The molecule has 3 aromatic carbocycles. The van der Waals surface area contributed by atoms with Gasteiger partial charge < -0.3 is 30.3 Å². The largest absolute Gasteiger partial charge is 0.493 e. The molecule has 0 radical (unpaired) electrons. The summed E-state index contributed by atoms with van der Waals surface area (Å²) in [6, 6.07) is 17.3. The Morgan fingerprint density at radius 1 is 0.780 bits per heavy atom. The Hall–Kier alpha value is -4.36. The molecule has 0 bridgehead atoms. The zero-order valence-corrected chi connectivity index (χ0v) is 30.8. The molecule has 0 amide bonds. The highest BCUT2D eigenvalue weighted by atomic mass is 32.2. The van der Waals surface area contributed by atoms with E-state index in [1.54, 1.807) is 26.4 Å². The van der Waals surface area contributed by atoms with Crippen molar-refractivity contribution in [2.24, 2.45) is 5.92 Å². The molecule has 1 aromatic heterocycles. The third kappa shape index (κ3) is 9.45. The molecule has 0 saturated heterocycles. The van der Waals surface area contributed by atoms with Gasteiger partial charge in [0.15, 0.2) is 11.5 Å². The van der Waals surface area contributed by atoms with E-state index in [4.69, 9.17) is 19.4 Å². The summed E-state index contributed by atoms with van der Waals surface area (Å²) in [4.78, 5) is 16.4. The summed E-state index contributed by atoms with van der Waals surface area (Å²) in [6.45, 7) is 3.79. The summed E-state index contributed by atoms with van der Waals surface area (Å²) in [6.07, 6.45) is 8.20. The topological polar surface area (TPSA) is 143 Å². The van der Waals surface area contributed by atoms with Crippen LogP contribution in [0, 0.1) is 5.92 Å². The molecule has 13 heteroatoms. The minimum Gasteiger partial charge on any atom is -0.493 e. The van der Waals surface area contributed by atoms with Gasteiger partial charge >= 0.3 is 0 Å². The number of sulfonamides is 1. The summed E-state index contributed by atoms with van der Waals surface area (Å²) in [5, 5.41) is 11.9. The Bertz CT molecular complexity index is 1820. The van der Waals surface area contributed by atoms with Crippen molar-refractivity contribution >= 4 is 44.3 Å². The van der Waals surface area contributed by atoms with Crippen molar-refractivity contribution in [2.75, 3.05) is 62.3 Å². The van der Waals surface area contributed by atoms with Gasteiger partial charge in [0, 0.05) is 61.8 Å². The molecule has 1 aliphatic rings. The Labute approximate surface area is 296 Å². The molecule has 1 saturated carbocycles. The fourth-order valence-corrected chi connectivity index (χ4v) is 7.83. The molecule has 1 fully saturated rings. The van der Waals surface area contributed by atoms with Gasteiger partial charge in [-0.3, -0.25) is 0 Å². The van der Waals surface area contributed by atoms with Crippen LogP contribution in [0.2, 0.25) is 0 Å². The summed E-state index contributed by atoms with van der Waals surface area (Å²) in [7, 11) is 3.52. The number of rotatable bonds is 18. The molecule has 2 unspecified atom stereocenters. The molecule has 50 heavy (non-hydrogen) atoms. The molecule has 4 aromatic rings. The van der Waals surface area contributed by atoms with Crippen LogP contribution in [0.1, 0.15) is 63.9 Å². The van der Waals surface area contributed by atoms with E-state index < -0.39 is 10.0 Å². The summed E-state index contributed by atoms with van der Waals surface area (Å²) >= 11 is 0. The van der Waals surface area contributed by atoms with Gasteiger partial charge in [0.2, 0.25) is 27.9 Å². The van der Waals surface area contributed by atoms with Crippen LogP contribution in [0.15, 0.2) is 59.5 Å². The zero-order valence-electron chi connectivity index (χ0n) is 30.0. The average Bonchev–Trinajstić information content (AvgIpc) is 3.11. The molecule has 0 aliphatic heterocycles. The number of fused-ring (bicyclic) bond motifs is 1. The van der Waals surface area contributed by atoms with Crippen molar-refractivity contribution in [3.05, 3.63) is 60.2 Å². The van der Waals surface area contributed by atoms with Gasteiger partial charge in [-0.15, -0.1) is 0 Å². The van der Waals surface area contributed by atoms with Gasteiger partial charge in [0.25, 0.3) is 0 Å². The predicted molar refractivity (Wildman–Crippen MR) is 202 cm³/mol. The smallest absolute Gasteiger partial charge is 0.241 e. The van der Waals surface area contributed by atoms with Crippen LogP contribution in [0.5, 0.6) is 11.5 Å². The van der Waals surface area contributed by atoms with Crippen molar-refractivity contribution in [3.8, 4) is 11.5 Å². The SMILES string of the molecule is COc1cccc(CNc2nc(NCCCCCCNS(=O)(=O)c3cccc4c(N(C)C)cccc34)nc(NC3CCCCC3C)n2)c1OC. The normalized spacial score (nSPS) is 16.2. The number of methoxy groups -OCH3 is 2. The van der Waals surface area contributed by atoms with Crippen LogP contribution in [0.25, 0.3) is 10.8 Å². The van der Waals surface area contributed by atoms with E-state index in [0.717, 1.165) is 54.1 Å².